The third-order valence-corrected chi connectivity index (χ3v) is 3.70. The summed E-state index contributed by atoms with van der Waals surface area (Å²) in [5, 5.41) is 0.590. The Morgan fingerprint density at radius 1 is 1.19 bits per heavy atom. The average Bonchev–Trinajstić information content (AvgIpc) is 2.49. The molecule has 0 aliphatic heterocycles. The van der Waals surface area contributed by atoms with Crippen LogP contribution < -0.4 is 10.5 Å². The van der Waals surface area contributed by atoms with E-state index in [-0.39, 0.29) is 11.7 Å². The molecule has 2 aromatic rings. The quantitative estimate of drug-likeness (QED) is 0.869. The Kier molecular flexibility index (Phi) is 5.59. The zero-order valence-corrected chi connectivity index (χ0v) is 12.7. The average molecular weight is 308 g/mol. The third kappa shape index (κ3) is 4.19. The van der Waals surface area contributed by atoms with Crippen LogP contribution in [-0.4, -0.2) is 13.2 Å². The first-order valence-corrected chi connectivity index (χ1v) is 7.38. The molecule has 0 aliphatic rings. The first-order chi connectivity index (χ1) is 10.1. The van der Waals surface area contributed by atoms with E-state index in [4.69, 9.17) is 22.1 Å². The Labute approximate surface area is 129 Å². The van der Waals surface area contributed by atoms with Crippen LogP contribution in [-0.2, 0) is 6.42 Å². The van der Waals surface area contributed by atoms with E-state index in [9.17, 15) is 4.39 Å². The second kappa shape index (κ2) is 7.43. The number of hydrogen-bond acceptors (Lipinski definition) is 2. The Balaban J connectivity index is 2.17. The number of rotatable bonds is 6. The first kappa shape index (κ1) is 15.8. The van der Waals surface area contributed by atoms with E-state index in [1.54, 1.807) is 12.1 Å². The van der Waals surface area contributed by atoms with Crippen molar-refractivity contribution in [1.82, 2.24) is 0 Å². The fraction of sp³-hybridized carbons (Fsp3) is 0.294. The molecule has 0 heterocycles. The molecule has 0 bridgehead atoms. The van der Waals surface area contributed by atoms with Crippen molar-refractivity contribution in [3.8, 4) is 5.75 Å². The first-order valence-electron chi connectivity index (χ1n) is 7.00. The lowest BCUT2D eigenvalue weighted by Gasteiger charge is -2.17. The molecule has 1 atom stereocenters. The summed E-state index contributed by atoms with van der Waals surface area (Å²) in [7, 11) is 0. The van der Waals surface area contributed by atoms with E-state index < -0.39 is 0 Å². The maximum Gasteiger partial charge on any atom is 0.137 e. The molecule has 0 aliphatic carbocycles. The molecule has 0 saturated heterocycles. The molecule has 21 heavy (non-hydrogen) atoms. The SMILES string of the molecule is CCOc1ccc(C(CN)Cc2ccc(F)cc2)cc1Cl. The fourth-order valence-corrected chi connectivity index (χ4v) is 2.53. The normalized spacial score (nSPS) is 12.2. The van der Waals surface area contributed by atoms with Crippen molar-refractivity contribution in [3.63, 3.8) is 0 Å². The van der Waals surface area contributed by atoms with Crippen LogP contribution in [0.15, 0.2) is 42.5 Å². The molecule has 0 amide bonds. The summed E-state index contributed by atoms with van der Waals surface area (Å²) < 4.78 is 18.4. The van der Waals surface area contributed by atoms with Crippen LogP contribution >= 0.6 is 11.6 Å². The standard InChI is InChI=1S/C17H19ClFNO/c1-2-21-17-8-5-13(10-16(17)18)14(11-20)9-12-3-6-15(19)7-4-12/h3-8,10,14H,2,9,11,20H2,1H3. The highest BCUT2D eigenvalue weighted by Gasteiger charge is 2.13. The van der Waals surface area contributed by atoms with Crippen molar-refractivity contribution in [2.24, 2.45) is 5.73 Å². The minimum atomic E-state index is -0.229. The van der Waals surface area contributed by atoms with Gasteiger partial charge in [0.05, 0.1) is 11.6 Å². The van der Waals surface area contributed by atoms with Gasteiger partial charge in [0, 0.05) is 5.92 Å². The van der Waals surface area contributed by atoms with Crippen molar-refractivity contribution in [1.29, 1.82) is 0 Å². The number of ether oxygens (including phenoxy) is 1. The predicted molar refractivity (Wildman–Crippen MR) is 84.5 cm³/mol. The molecule has 4 heteroatoms. The molecule has 2 aromatic carbocycles. The molecule has 0 saturated carbocycles. The van der Waals surface area contributed by atoms with Crippen molar-refractivity contribution in [2.45, 2.75) is 19.3 Å². The summed E-state index contributed by atoms with van der Waals surface area (Å²) in [5.41, 5.74) is 8.00. The fourth-order valence-electron chi connectivity index (χ4n) is 2.29. The second-order valence-electron chi connectivity index (χ2n) is 4.89. The van der Waals surface area contributed by atoms with Gasteiger partial charge in [-0.25, -0.2) is 4.39 Å². The van der Waals surface area contributed by atoms with Crippen LogP contribution in [0.25, 0.3) is 0 Å². The largest absolute Gasteiger partial charge is 0.492 e. The number of benzene rings is 2. The Hall–Kier alpha value is -1.58. The number of nitrogens with two attached hydrogens (primary N) is 1. The summed E-state index contributed by atoms with van der Waals surface area (Å²) in [6, 6.07) is 12.3. The van der Waals surface area contributed by atoms with Crippen LogP contribution in [0.5, 0.6) is 5.75 Å². The molecular weight excluding hydrogens is 289 g/mol. The maximum atomic E-state index is 12.9. The second-order valence-corrected chi connectivity index (χ2v) is 5.29. The van der Waals surface area contributed by atoms with Crippen LogP contribution in [0.1, 0.15) is 24.0 Å². The summed E-state index contributed by atoms with van der Waals surface area (Å²) in [4.78, 5) is 0. The van der Waals surface area contributed by atoms with Crippen molar-refractivity contribution in [2.75, 3.05) is 13.2 Å². The van der Waals surface area contributed by atoms with E-state index >= 15 is 0 Å². The molecular formula is C17H19ClFNO. The number of halogens is 2. The van der Waals surface area contributed by atoms with E-state index in [0.717, 1.165) is 17.5 Å². The van der Waals surface area contributed by atoms with Gasteiger partial charge in [0.2, 0.25) is 0 Å². The van der Waals surface area contributed by atoms with Crippen LogP contribution in [0, 0.1) is 5.82 Å². The zero-order valence-electron chi connectivity index (χ0n) is 12.0. The Morgan fingerprint density at radius 2 is 1.90 bits per heavy atom. The molecule has 0 fully saturated rings. The van der Waals surface area contributed by atoms with E-state index in [0.29, 0.717) is 23.9 Å². The summed E-state index contributed by atoms with van der Waals surface area (Å²) in [5.74, 6) is 0.594. The van der Waals surface area contributed by atoms with E-state index in [2.05, 4.69) is 0 Å². The minimum Gasteiger partial charge on any atom is -0.492 e. The van der Waals surface area contributed by atoms with Gasteiger partial charge in [-0.15, -0.1) is 0 Å². The predicted octanol–water partition coefficient (Wildman–Crippen LogP) is 4.16. The maximum absolute atomic E-state index is 12.9. The van der Waals surface area contributed by atoms with Gasteiger partial charge in [0.25, 0.3) is 0 Å². The molecule has 0 aromatic heterocycles. The topological polar surface area (TPSA) is 35.2 Å². The lowest BCUT2D eigenvalue weighted by Crippen LogP contribution is -2.15. The minimum absolute atomic E-state index is 0.142. The van der Waals surface area contributed by atoms with Crippen LogP contribution in [0.4, 0.5) is 4.39 Å². The Bertz CT molecular complexity index is 586. The Morgan fingerprint density at radius 3 is 2.48 bits per heavy atom. The van der Waals surface area contributed by atoms with Gasteiger partial charge >= 0.3 is 0 Å². The van der Waals surface area contributed by atoms with Gasteiger partial charge in [-0.3, -0.25) is 0 Å². The van der Waals surface area contributed by atoms with Gasteiger partial charge in [-0.2, -0.15) is 0 Å². The van der Waals surface area contributed by atoms with E-state index in [1.807, 2.05) is 25.1 Å². The van der Waals surface area contributed by atoms with Gasteiger partial charge in [0.15, 0.2) is 0 Å². The number of hydrogen-bond donors (Lipinski definition) is 1. The molecule has 0 radical (unpaired) electrons. The van der Waals surface area contributed by atoms with Crippen LogP contribution in [0.3, 0.4) is 0 Å². The van der Waals surface area contributed by atoms with Crippen LogP contribution in [0.2, 0.25) is 5.02 Å². The lowest BCUT2D eigenvalue weighted by atomic mass is 9.92. The van der Waals surface area contributed by atoms with Gasteiger partial charge in [-0.1, -0.05) is 29.8 Å². The monoisotopic (exact) mass is 307 g/mol. The van der Waals surface area contributed by atoms with Gasteiger partial charge in [-0.05, 0) is 55.3 Å². The van der Waals surface area contributed by atoms with Gasteiger partial charge < -0.3 is 10.5 Å². The lowest BCUT2D eigenvalue weighted by molar-refractivity contribution is 0.340. The highest BCUT2D eigenvalue weighted by atomic mass is 35.5. The van der Waals surface area contributed by atoms with E-state index in [1.165, 1.54) is 12.1 Å². The molecule has 112 valence electrons. The van der Waals surface area contributed by atoms with Crippen molar-refractivity contribution < 1.29 is 9.13 Å². The molecule has 2 rings (SSSR count). The molecule has 2 nitrogen and oxygen atoms in total. The summed E-state index contributed by atoms with van der Waals surface area (Å²) >= 11 is 6.22. The summed E-state index contributed by atoms with van der Waals surface area (Å²) in [6.07, 6.45) is 0.751. The molecule has 0 spiro atoms. The molecule has 1 unspecified atom stereocenters. The molecule has 2 N–H and O–H groups in total. The highest BCUT2D eigenvalue weighted by molar-refractivity contribution is 6.32. The zero-order chi connectivity index (χ0) is 15.2. The van der Waals surface area contributed by atoms with Crippen molar-refractivity contribution >= 4 is 11.6 Å². The highest BCUT2D eigenvalue weighted by Crippen LogP contribution is 2.29. The third-order valence-electron chi connectivity index (χ3n) is 3.41. The summed E-state index contributed by atoms with van der Waals surface area (Å²) in [6.45, 7) is 3.00. The smallest absolute Gasteiger partial charge is 0.137 e. The van der Waals surface area contributed by atoms with Crippen molar-refractivity contribution in [3.05, 3.63) is 64.4 Å². The van der Waals surface area contributed by atoms with Gasteiger partial charge in [0.1, 0.15) is 11.6 Å².